The van der Waals surface area contributed by atoms with Gasteiger partial charge in [0.05, 0.1) is 29.5 Å². The Kier molecular flexibility index (Phi) is 9.69. The van der Waals surface area contributed by atoms with Crippen molar-refractivity contribution in [2.45, 2.75) is 114 Å². The molecule has 7 unspecified atom stereocenters. The Balaban J connectivity index is 0.000000459. The van der Waals surface area contributed by atoms with Crippen molar-refractivity contribution in [1.82, 2.24) is 19.1 Å². The summed E-state index contributed by atoms with van der Waals surface area (Å²) in [5, 5.41) is 1.06. The number of fused-ring (bicyclic) bond motifs is 7. The van der Waals surface area contributed by atoms with Crippen LogP contribution < -0.4 is 15.2 Å². The van der Waals surface area contributed by atoms with Crippen molar-refractivity contribution in [3.05, 3.63) is 89.0 Å². The Morgan fingerprint density at radius 3 is 2.46 bits per heavy atom. The number of ether oxygens (including phenoxy) is 1. The summed E-state index contributed by atoms with van der Waals surface area (Å²) >= 11 is 0. The highest BCUT2D eigenvalue weighted by molar-refractivity contribution is 7.84. The van der Waals surface area contributed by atoms with Crippen LogP contribution in [0.15, 0.2) is 66.7 Å². The second-order valence-corrected chi connectivity index (χ2v) is 19.2. The van der Waals surface area contributed by atoms with Crippen LogP contribution in [0.3, 0.4) is 0 Å². The topological polar surface area (TPSA) is 110 Å². The van der Waals surface area contributed by atoms with Gasteiger partial charge in [0.1, 0.15) is 16.7 Å². The van der Waals surface area contributed by atoms with E-state index in [2.05, 4.69) is 50.4 Å². The Bertz CT molecular complexity index is 2200. The number of methoxy groups -OCH3 is 1. The average Bonchev–Trinajstić information content (AvgIpc) is 3.77. The van der Waals surface area contributed by atoms with Crippen LogP contribution in [0.2, 0.25) is 0 Å². The van der Waals surface area contributed by atoms with Gasteiger partial charge in [-0.3, -0.25) is 14.3 Å². The molecular formula is C46H57N5O4S. The molecule has 3 aliphatic carbocycles. The molecular weight excluding hydrogens is 719 g/mol. The van der Waals surface area contributed by atoms with Crippen molar-refractivity contribution in [2.75, 3.05) is 27.2 Å². The van der Waals surface area contributed by atoms with E-state index in [0.29, 0.717) is 48.0 Å². The number of hydrogen-bond acceptors (Lipinski definition) is 6. The van der Waals surface area contributed by atoms with Gasteiger partial charge in [-0.2, -0.15) is 0 Å². The van der Waals surface area contributed by atoms with E-state index in [4.69, 9.17) is 10.5 Å². The molecule has 2 saturated heterocycles. The number of likely N-dealkylation sites (tertiary alicyclic amines) is 2. The van der Waals surface area contributed by atoms with Crippen molar-refractivity contribution in [3.8, 4) is 17.0 Å². The molecule has 2 amide bonds. The van der Waals surface area contributed by atoms with Gasteiger partial charge in [-0.1, -0.05) is 62.6 Å². The van der Waals surface area contributed by atoms with E-state index < -0.39 is 16.4 Å². The number of hydrogen-bond donors (Lipinski definition) is 2. The first-order chi connectivity index (χ1) is 27.1. The molecule has 4 heterocycles. The number of nitrogens with two attached hydrogens (primary N) is 1. The van der Waals surface area contributed by atoms with Crippen LogP contribution in [0.1, 0.15) is 111 Å². The van der Waals surface area contributed by atoms with E-state index >= 15 is 4.79 Å². The predicted octanol–water partition coefficient (Wildman–Crippen LogP) is 7.49. The Morgan fingerprint density at radius 1 is 1.00 bits per heavy atom. The summed E-state index contributed by atoms with van der Waals surface area (Å²) < 4.78 is 23.8. The third kappa shape index (κ3) is 5.87. The molecule has 0 bridgehead atoms. The average molecular weight is 776 g/mol. The second kappa shape index (κ2) is 14.4. The van der Waals surface area contributed by atoms with Crippen LogP contribution in [-0.2, 0) is 28.9 Å². The number of amides is 2. The quantitative estimate of drug-likeness (QED) is 0.192. The molecule has 3 aromatic carbocycles. The van der Waals surface area contributed by atoms with Gasteiger partial charge in [0.15, 0.2) is 0 Å². The van der Waals surface area contributed by atoms with Gasteiger partial charge in [0, 0.05) is 65.6 Å². The molecule has 3 N–H and O–H groups in total. The molecule has 1 spiro atoms. The Morgan fingerprint density at radius 2 is 1.79 bits per heavy atom. The van der Waals surface area contributed by atoms with Crippen LogP contribution in [0.25, 0.3) is 22.2 Å². The van der Waals surface area contributed by atoms with Crippen LogP contribution in [0.5, 0.6) is 5.75 Å². The van der Waals surface area contributed by atoms with Crippen molar-refractivity contribution >= 4 is 33.7 Å². The maximum atomic E-state index is 15.1. The van der Waals surface area contributed by atoms with Gasteiger partial charge in [-0.05, 0) is 105 Å². The Hall–Kier alpha value is -3.99. The third-order valence-electron chi connectivity index (χ3n) is 14.6. The largest absolute Gasteiger partial charge is 0.497 e. The summed E-state index contributed by atoms with van der Waals surface area (Å²) in [5.41, 5.74) is 12.9. The number of rotatable bonds is 8. The summed E-state index contributed by atoms with van der Waals surface area (Å²) in [5.74, 6) is 1.40. The molecule has 10 rings (SSSR count). The number of nitrogens with zero attached hydrogens (tertiary/aromatic N) is 3. The molecule has 3 aliphatic heterocycles. The number of carbonyl (C=O) groups excluding carboxylic acids is 2. The zero-order chi connectivity index (χ0) is 38.9. The molecule has 10 heteroatoms. The Labute approximate surface area is 333 Å². The zero-order valence-electron chi connectivity index (χ0n) is 33.4. The van der Waals surface area contributed by atoms with Gasteiger partial charge >= 0.3 is 0 Å². The van der Waals surface area contributed by atoms with Crippen molar-refractivity contribution in [3.63, 3.8) is 0 Å². The van der Waals surface area contributed by atoms with E-state index in [1.165, 1.54) is 59.0 Å². The summed E-state index contributed by atoms with van der Waals surface area (Å²) in [6, 6.07) is 23.2. The minimum Gasteiger partial charge on any atom is -0.497 e. The van der Waals surface area contributed by atoms with Gasteiger partial charge in [-0.25, -0.2) is 4.21 Å². The van der Waals surface area contributed by atoms with E-state index in [1.807, 2.05) is 56.3 Å². The number of aromatic nitrogens is 1. The number of nitrogens with one attached hydrogen (secondary N) is 1. The zero-order valence-corrected chi connectivity index (χ0v) is 34.2. The molecule has 9 nitrogen and oxygen atoms in total. The van der Waals surface area contributed by atoms with Crippen molar-refractivity contribution in [1.29, 1.82) is 0 Å². The molecule has 296 valence electrons. The minimum absolute atomic E-state index is 0.123. The van der Waals surface area contributed by atoms with E-state index in [9.17, 15) is 9.00 Å². The lowest BCUT2D eigenvalue weighted by Crippen LogP contribution is -2.78. The summed E-state index contributed by atoms with van der Waals surface area (Å²) in [6.45, 7) is 7.19. The molecule has 6 aliphatic rings. The van der Waals surface area contributed by atoms with E-state index in [-0.39, 0.29) is 17.1 Å². The fourth-order valence-electron chi connectivity index (χ4n) is 11.3. The van der Waals surface area contributed by atoms with E-state index in [0.717, 1.165) is 56.5 Å². The summed E-state index contributed by atoms with van der Waals surface area (Å²) in [6.07, 6.45) is 9.89. The lowest BCUT2D eigenvalue weighted by atomic mass is 9.53. The number of likely N-dealkylation sites (N-methyl/N-ethyl adjacent to an activating group) is 1. The molecule has 56 heavy (non-hydrogen) atoms. The second-order valence-electron chi connectivity index (χ2n) is 17.6. The first kappa shape index (κ1) is 37.6. The van der Waals surface area contributed by atoms with Crippen LogP contribution in [0, 0.1) is 10.8 Å². The molecule has 7 atom stereocenters. The maximum absolute atomic E-state index is 15.1. The van der Waals surface area contributed by atoms with Gasteiger partial charge in [-0.15, -0.1) is 0 Å². The highest BCUT2D eigenvalue weighted by Crippen LogP contribution is 2.69. The number of benzene rings is 3. The molecule has 0 radical (unpaired) electrons. The fraction of sp³-hybridized carbons (Fsp3) is 0.522. The lowest BCUT2D eigenvalue weighted by Gasteiger charge is -2.68. The summed E-state index contributed by atoms with van der Waals surface area (Å²) in [4.78, 5) is 33.4. The summed E-state index contributed by atoms with van der Waals surface area (Å²) in [7, 11) is 2.47. The van der Waals surface area contributed by atoms with Crippen molar-refractivity contribution in [2.24, 2.45) is 16.6 Å². The highest BCUT2D eigenvalue weighted by Gasteiger charge is 2.74. The van der Waals surface area contributed by atoms with Crippen molar-refractivity contribution < 1.29 is 18.5 Å². The number of carbonyl (C=O) groups is 2. The molecule has 1 aromatic heterocycles. The first-order valence-electron chi connectivity index (χ1n) is 21.0. The smallest absolute Gasteiger partial charge is 0.263 e. The standard InChI is InChI=1S/C39H48N4O4S.C7H9N/c1-5-23(2)48(46)40-36(44)25-11-13-28-31(17-25)42-22-39(37(45)43-32-15-16-38(32)21-41(3)20-33(38)43)19-30(39)29-18-26(47-4)12-14-27(29)35(42)34(28)24-9-7-6-8-10-24;8-6-7-4-2-1-3-5-7/h11-14,17-18,23-24,30,32-33H,5-10,15-16,19-22H2,1-4H3,(H,40,44);1-5H,6,8H2. The molecule has 4 aromatic rings. The van der Waals surface area contributed by atoms with Crippen LogP contribution >= 0.6 is 0 Å². The maximum Gasteiger partial charge on any atom is 0.263 e. The normalized spacial score (nSPS) is 28.4. The van der Waals surface area contributed by atoms with Gasteiger partial charge in [0.25, 0.3) is 5.91 Å². The van der Waals surface area contributed by atoms with Gasteiger partial charge < -0.3 is 24.8 Å². The fourth-order valence-corrected chi connectivity index (χ4v) is 12.1. The molecule has 3 saturated carbocycles. The van der Waals surface area contributed by atoms with Crippen LogP contribution in [-0.4, -0.2) is 75.0 Å². The highest BCUT2D eigenvalue weighted by atomic mass is 32.2. The predicted molar refractivity (Wildman–Crippen MR) is 223 cm³/mol. The monoisotopic (exact) mass is 775 g/mol. The van der Waals surface area contributed by atoms with Gasteiger partial charge in [0.2, 0.25) is 5.91 Å². The van der Waals surface area contributed by atoms with Crippen LogP contribution in [0.4, 0.5) is 0 Å². The van der Waals surface area contributed by atoms with E-state index in [1.54, 1.807) is 7.11 Å². The lowest BCUT2D eigenvalue weighted by molar-refractivity contribution is -0.198. The third-order valence-corrected chi connectivity index (χ3v) is 16.0. The minimum atomic E-state index is -1.46. The SMILES string of the molecule is CCC(C)S(=O)NC(=O)c1ccc2c(C3CCCCC3)c3n(c2c1)CC1(C(=O)N2C4CCC45CN(C)CC25)CC1c1cc(OC)ccc1-3.NCc1ccccc1. The first-order valence-corrected chi connectivity index (χ1v) is 22.2. The molecule has 5 fully saturated rings. The number of piperidine rings is 1.